The first-order valence-electron chi connectivity index (χ1n) is 5.62. The smallest absolute Gasteiger partial charge is 0.317 e. The van der Waals surface area contributed by atoms with Crippen molar-refractivity contribution in [3.63, 3.8) is 0 Å². The number of alkyl halides is 1. The maximum Gasteiger partial charge on any atom is 0.317 e. The van der Waals surface area contributed by atoms with Gasteiger partial charge in [0.05, 0.1) is 11.1 Å². The Kier molecular flexibility index (Phi) is 3.05. The van der Waals surface area contributed by atoms with Crippen LogP contribution in [-0.2, 0) is 5.88 Å². The van der Waals surface area contributed by atoms with E-state index in [2.05, 4.69) is 9.97 Å². The van der Waals surface area contributed by atoms with Crippen LogP contribution < -0.4 is 4.73 Å². The second-order valence-corrected chi connectivity index (χ2v) is 4.75. The van der Waals surface area contributed by atoms with Crippen LogP contribution in [0.1, 0.15) is 5.82 Å². The highest BCUT2D eigenvalue weighted by Gasteiger charge is 2.19. The predicted octanol–water partition coefficient (Wildman–Crippen LogP) is 3.26. The van der Waals surface area contributed by atoms with Gasteiger partial charge in [0.15, 0.2) is 11.2 Å². The summed E-state index contributed by atoms with van der Waals surface area (Å²) in [4.78, 5) is 7.27. The molecule has 2 aromatic heterocycles. The Labute approximate surface area is 119 Å². The average Bonchev–Trinajstić information content (AvgIpc) is 2.91. The SMILES string of the molecule is [O-][n+]1c(CCl)nc2ccc(Cl)cc2c1-c1ccc[nH]1. The molecule has 1 N–H and O–H groups in total. The molecule has 0 bridgehead atoms. The molecule has 4 nitrogen and oxygen atoms in total. The van der Waals surface area contributed by atoms with E-state index in [0.717, 1.165) is 4.73 Å². The van der Waals surface area contributed by atoms with E-state index in [9.17, 15) is 5.21 Å². The molecule has 19 heavy (non-hydrogen) atoms. The number of nitrogens with zero attached hydrogens (tertiary/aromatic N) is 2. The second kappa shape index (κ2) is 4.72. The minimum Gasteiger partial charge on any atom is -0.710 e. The summed E-state index contributed by atoms with van der Waals surface area (Å²) in [5, 5.41) is 13.6. The molecule has 2 heterocycles. The second-order valence-electron chi connectivity index (χ2n) is 4.05. The first-order chi connectivity index (χ1) is 9.20. The van der Waals surface area contributed by atoms with Crippen molar-refractivity contribution in [1.29, 1.82) is 0 Å². The zero-order chi connectivity index (χ0) is 13.4. The molecule has 0 radical (unpaired) electrons. The highest BCUT2D eigenvalue weighted by Crippen LogP contribution is 2.26. The molecule has 0 aliphatic rings. The van der Waals surface area contributed by atoms with Gasteiger partial charge in [-0.3, -0.25) is 0 Å². The molecule has 96 valence electrons. The molecule has 0 atom stereocenters. The number of benzene rings is 1. The third-order valence-electron chi connectivity index (χ3n) is 2.87. The van der Waals surface area contributed by atoms with E-state index in [-0.39, 0.29) is 11.7 Å². The van der Waals surface area contributed by atoms with Gasteiger partial charge in [0.25, 0.3) is 0 Å². The summed E-state index contributed by atoms with van der Waals surface area (Å²) >= 11 is 11.8. The van der Waals surface area contributed by atoms with Gasteiger partial charge in [-0.05, 0) is 35.3 Å². The summed E-state index contributed by atoms with van der Waals surface area (Å²) in [6.45, 7) is 0. The Hall–Kier alpha value is -1.78. The van der Waals surface area contributed by atoms with E-state index in [1.165, 1.54) is 0 Å². The standard InChI is InChI=1S/C13H9Cl2N3O/c14-7-12-17-10-4-3-8(15)6-9(10)13(18(12)19)11-2-1-5-16-11/h1-6,16H,7H2. The molecule has 6 heteroatoms. The van der Waals surface area contributed by atoms with Crippen molar-refractivity contribution >= 4 is 34.1 Å². The van der Waals surface area contributed by atoms with E-state index in [0.29, 0.717) is 27.3 Å². The number of fused-ring (bicyclic) bond motifs is 1. The summed E-state index contributed by atoms with van der Waals surface area (Å²) < 4.78 is 0.748. The van der Waals surface area contributed by atoms with Gasteiger partial charge in [0.1, 0.15) is 5.88 Å². The number of rotatable bonds is 2. The Morgan fingerprint density at radius 1 is 1.32 bits per heavy atom. The van der Waals surface area contributed by atoms with Crippen molar-refractivity contribution < 1.29 is 4.73 Å². The van der Waals surface area contributed by atoms with Crippen LogP contribution in [0.4, 0.5) is 0 Å². The molecule has 0 spiro atoms. The molecule has 0 aliphatic carbocycles. The lowest BCUT2D eigenvalue weighted by atomic mass is 10.1. The molecule has 0 unspecified atom stereocenters. The lowest BCUT2D eigenvalue weighted by molar-refractivity contribution is -0.603. The third-order valence-corrected chi connectivity index (χ3v) is 3.35. The highest BCUT2D eigenvalue weighted by molar-refractivity contribution is 6.31. The van der Waals surface area contributed by atoms with Gasteiger partial charge in [-0.1, -0.05) is 11.6 Å². The van der Waals surface area contributed by atoms with Crippen molar-refractivity contribution in [2.24, 2.45) is 0 Å². The number of halogens is 2. The van der Waals surface area contributed by atoms with E-state index >= 15 is 0 Å². The molecule has 0 amide bonds. The summed E-state index contributed by atoms with van der Waals surface area (Å²) in [6.07, 6.45) is 1.76. The Morgan fingerprint density at radius 2 is 2.16 bits per heavy atom. The minimum atomic E-state index is 0.0514. The van der Waals surface area contributed by atoms with Crippen LogP contribution in [0.25, 0.3) is 22.3 Å². The average molecular weight is 294 g/mol. The number of aromatic amines is 1. The van der Waals surface area contributed by atoms with E-state index < -0.39 is 0 Å². The molecule has 0 aliphatic heterocycles. The first-order valence-corrected chi connectivity index (χ1v) is 6.53. The summed E-state index contributed by atoms with van der Waals surface area (Å²) in [7, 11) is 0. The van der Waals surface area contributed by atoms with Crippen molar-refractivity contribution in [2.45, 2.75) is 5.88 Å². The van der Waals surface area contributed by atoms with Gasteiger partial charge in [-0.15, -0.1) is 11.6 Å². The molecular weight excluding hydrogens is 285 g/mol. The van der Waals surface area contributed by atoms with E-state index in [1.54, 1.807) is 24.4 Å². The topological polar surface area (TPSA) is 55.6 Å². The summed E-state index contributed by atoms with van der Waals surface area (Å²) in [6, 6.07) is 8.89. The number of aromatic nitrogens is 3. The molecule has 0 saturated heterocycles. The molecule has 3 rings (SSSR count). The van der Waals surface area contributed by atoms with Gasteiger partial charge in [-0.2, -0.15) is 0 Å². The van der Waals surface area contributed by atoms with Gasteiger partial charge in [0.2, 0.25) is 0 Å². The van der Waals surface area contributed by atoms with Gasteiger partial charge in [-0.25, -0.2) is 4.73 Å². The lowest BCUT2D eigenvalue weighted by Crippen LogP contribution is -2.35. The summed E-state index contributed by atoms with van der Waals surface area (Å²) in [5.74, 6) is 0.316. The van der Waals surface area contributed by atoms with Crippen LogP contribution in [0.3, 0.4) is 0 Å². The maximum absolute atomic E-state index is 12.3. The van der Waals surface area contributed by atoms with Crippen molar-refractivity contribution in [3.8, 4) is 11.4 Å². The first kappa shape index (κ1) is 12.3. The van der Waals surface area contributed by atoms with Crippen molar-refractivity contribution in [1.82, 2.24) is 9.97 Å². The zero-order valence-corrected chi connectivity index (χ0v) is 11.2. The minimum absolute atomic E-state index is 0.0514. The molecule has 3 aromatic rings. The van der Waals surface area contributed by atoms with Crippen LogP contribution in [0.15, 0.2) is 36.5 Å². The van der Waals surface area contributed by atoms with Crippen molar-refractivity contribution in [2.75, 3.05) is 0 Å². The predicted molar refractivity (Wildman–Crippen MR) is 75.1 cm³/mol. The zero-order valence-electron chi connectivity index (χ0n) is 9.73. The number of hydrogen-bond donors (Lipinski definition) is 1. The van der Waals surface area contributed by atoms with Gasteiger partial charge >= 0.3 is 5.82 Å². The van der Waals surface area contributed by atoms with Crippen molar-refractivity contribution in [3.05, 3.63) is 52.6 Å². The quantitative estimate of drug-likeness (QED) is 0.448. The normalized spacial score (nSPS) is 11.1. The van der Waals surface area contributed by atoms with E-state index in [1.807, 2.05) is 12.1 Å². The van der Waals surface area contributed by atoms with Crippen LogP contribution >= 0.6 is 23.2 Å². The Balaban J connectivity index is 2.44. The van der Waals surface area contributed by atoms with Crippen LogP contribution in [0.5, 0.6) is 0 Å². The molecular formula is C13H9Cl2N3O. The largest absolute Gasteiger partial charge is 0.710 e. The molecule has 1 aromatic carbocycles. The van der Waals surface area contributed by atoms with Crippen LogP contribution in [0, 0.1) is 5.21 Å². The molecule has 0 saturated carbocycles. The number of hydrogen-bond acceptors (Lipinski definition) is 2. The fourth-order valence-electron chi connectivity index (χ4n) is 2.03. The van der Waals surface area contributed by atoms with Gasteiger partial charge in [0, 0.05) is 11.2 Å². The van der Waals surface area contributed by atoms with Gasteiger partial charge < -0.3 is 10.2 Å². The highest BCUT2D eigenvalue weighted by atomic mass is 35.5. The van der Waals surface area contributed by atoms with Crippen LogP contribution in [-0.4, -0.2) is 9.97 Å². The molecule has 0 fully saturated rings. The third kappa shape index (κ3) is 2.03. The maximum atomic E-state index is 12.3. The number of nitrogens with one attached hydrogen (secondary N) is 1. The fourth-order valence-corrected chi connectivity index (χ4v) is 2.38. The van der Waals surface area contributed by atoms with Crippen LogP contribution in [0.2, 0.25) is 5.02 Å². The summed E-state index contributed by atoms with van der Waals surface area (Å²) in [5.41, 5.74) is 1.88. The fraction of sp³-hybridized carbons (Fsp3) is 0.0769. The number of H-pyrrole nitrogens is 1. The Morgan fingerprint density at radius 3 is 2.84 bits per heavy atom. The lowest BCUT2D eigenvalue weighted by Gasteiger charge is -2.12. The Bertz CT molecular complexity index is 741. The monoisotopic (exact) mass is 293 g/mol. The van der Waals surface area contributed by atoms with E-state index in [4.69, 9.17) is 23.2 Å².